The van der Waals surface area contributed by atoms with E-state index in [2.05, 4.69) is 24.8 Å². The van der Waals surface area contributed by atoms with Gasteiger partial charge in [-0.15, -0.1) is 0 Å². The minimum Gasteiger partial charge on any atom is -0.466 e. The molecule has 0 aliphatic heterocycles. The highest BCUT2D eigenvalue weighted by molar-refractivity contribution is 7.80. The first-order valence-electron chi connectivity index (χ1n) is 9.72. The van der Waals surface area contributed by atoms with Gasteiger partial charge >= 0.3 is 5.97 Å². The Kier molecular flexibility index (Phi) is 19.2. The molecular formula is C20H38O2S. The zero-order valence-electron chi connectivity index (χ0n) is 15.2. The summed E-state index contributed by atoms with van der Waals surface area (Å²) in [5.41, 5.74) is 0. The Labute approximate surface area is 149 Å². The van der Waals surface area contributed by atoms with Gasteiger partial charge in [0.2, 0.25) is 0 Å². The molecule has 0 amide bonds. The second-order valence-electron chi connectivity index (χ2n) is 6.22. The SMILES string of the molecule is CCOC(=O)CCCCCCCC=CCCCCCCCCS. The molecule has 0 aromatic heterocycles. The monoisotopic (exact) mass is 342 g/mol. The van der Waals surface area contributed by atoms with E-state index in [9.17, 15) is 4.79 Å². The van der Waals surface area contributed by atoms with Gasteiger partial charge in [-0.25, -0.2) is 0 Å². The Morgan fingerprint density at radius 2 is 1.26 bits per heavy atom. The smallest absolute Gasteiger partial charge is 0.305 e. The van der Waals surface area contributed by atoms with Gasteiger partial charge in [0.05, 0.1) is 6.61 Å². The van der Waals surface area contributed by atoms with Crippen LogP contribution in [0.1, 0.15) is 96.8 Å². The van der Waals surface area contributed by atoms with Gasteiger partial charge in [-0.05, 0) is 51.2 Å². The molecule has 0 radical (unpaired) electrons. The van der Waals surface area contributed by atoms with Gasteiger partial charge in [0.1, 0.15) is 0 Å². The number of unbranched alkanes of at least 4 members (excludes halogenated alkanes) is 11. The van der Waals surface area contributed by atoms with Crippen molar-refractivity contribution in [2.45, 2.75) is 96.8 Å². The van der Waals surface area contributed by atoms with Crippen molar-refractivity contribution in [2.24, 2.45) is 0 Å². The first-order valence-corrected chi connectivity index (χ1v) is 10.4. The predicted molar refractivity (Wildman–Crippen MR) is 104 cm³/mol. The molecule has 0 aliphatic rings. The highest BCUT2D eigenvalue weighted by Gasteiger charge is 2.00. The van der Waals surface area contributed by atoms with E-state index in [-0.39, 0.29) is 5.97 Å². The maximum Gasteiger partial charge on any atom is 0.305 e. The van der Waals surface area contributed by atoms with Crippen LogP contribution in [0.25, 0.3) is 0 Å². The lowest BCUT2D eigenvalue weighted by molar-refractivity contribution is -0.143. The number of thiol groups is 1. The van der Waals surface area contributed by atoms with E-state index < -0.39 is 0 Å². The molecule has 0 aliphatic carbocycles. The Morgan fingerprint density at radius 3 is 1.78 bits per heavy atom. The molecule has 0 saturated heterocycles. The second-order valence-corrected chi connectivity index (χ2v) is 6.66. The maximum atomic E-state index is 11.2. The predicted octanol–water partition coefficient (Wildman–Crippen LogP) is 6.50. The number of hydrogen-bond donors (Lipinski definition) is 1. The van der Waals surface area contributed by atoms with Crippen LogP contribution in [0.15, 0.2) is 12.2 Å². The molecule has 0 saturated carbocycles. The molecule has 0 N–H and O–H groups in total. The molecule has 2 nitrogen and oxygen atoms in total. The number of carbonyl (C=O) groups excluding carboxylic acids is 1. The van der Waals surface area contributed by atoms with Gasteiger partial charge in [-0.3, -0.25) is 4.79 Å². The van der Waals surface area contributed by atoms with E-state index in [0.717, 1.165) is 18.6 Å². The molecule has 0 unspecified atom stereocenters. The summed E-state index contributed by atoms with van der Waals surface area (Å²) >= 11 is 4.23. The third-order valence-corrected chi connectivity index (χ3v) is 4.32. The average molecular weight is 343 g/mol. The van der Waals surface area contributed by atoms with Crippen LogP contribution in [0.5, 0.6) is 0 Å². The van der Waals surface area contributed by atoms with Gasteiger partial charge < -0.3 is 4.74 Å². The van der Waals surface area contributed by atoms with Crippen LogP contribution in [-0.4, -0.2) is 18.3 Å². The highest BCUT2D eigenvalue weighted by atomic mass is 32.1. The fourth-order valence-electron chi connectivity index (χ4n) is 2.61. The molecule has 0 fully saturated rings. The first kappa shape index (κ1) is 22.6. The first-order chi connectivity index (χ1) is 11.3. The van der Waals surface area contributed by atoms with E-state index in [1.807, 2.05) is 6.92 Å². The Balaban J connectivity index is 3.12. The highest BCUT2D eigenvalue weighted by Crippen LogP contribution is 2.10. The molecule has 136 valence electrons. The number of hydrogen-bond acceptors (Lipinski definition) is 3. The van der Waals surface area contributed by atoms with Crippen molar-refractivity contribution in [3.8, 4) is 0 Å². The van der Waals surface area contributed by atoms with Gasteiger partial charge in [0, 0.05) is 6.42 Å². The third kappa shape index (κ3) is 19.5. The summed E-state index contributed by atoms with van der Waals surface area (Å²) in [6.07, 6.45) is 21.7. The average Bonchev–Trinajstić information content (AvgIpc) is 2.54. The fourth-order valence-corrected chi connectivity index (χ4v) is 2.84. The Bertz CT molecular complexity index is 277. The summed E-state index contributed by atoms with van der Waals surface area (Å²) < 4.78 is 4.91. The number of rotatable bonds is 17. The van der Waals surface area contributed by atoms with Crippen molar-refractivity contribution in [3.63, 3.8) is 0 Å². The van der Waals surface area contributed by atoms with E-state index in [0.29, 0.717) is 13.0 Å². The van der Waals surface area contributed by atoms with Crippen LogP contribution in [0.3, 0.4) is 0 Å². The van der Waals surface area contributed by atoms with Crippen molar-refractivity contribution in [1.29, 1.82) is 0 Å². The number of esters is 1. The molecule has 0 aromatic carbocycles. The molecule has 3 heteroatoms. The quantitative estimate of drug-likeness (QED) is 0.141. The van der Waals surface area contributed by atoms with Crippen molar-refractivity contribution < 1.29 is 9.53 Å². The van der Waals surface area contributed by atoms with E-state index in [1.165, 1.54) is 70.6 Å². The number of ether oxygens (including phenoxy) is 1. The maximum absolute atomic E-state index is 11.2. The molecule has 0 bridgehead atoms. The Hall–Kier alpha value is -0.440. The van der Waals surface area contributed by atoms with Gasteiger partial charge in [0.15, 0.2) is 0 Å². The van der Waals surface area contributed by atoms with Gasteiger partial charge in [0.25, 0.3) is 0 Å². The lowest BCUT2D eigenvalue weighted by atomic mass is 10.1. The minimum absolute atomic E-state index is 0.0443. The van der Waals surface area contributed by atoms with Crippen LogP contribution in [0, 0.1) is 0 Å². The Morgan fingerprint density at radius 1 is 0.783 bits per heavy atom. The molecule has 23 heavy (non-hydrogen) atoms. The van der Waals surface area contributed by atoms with Crippen molar-refractivity contribution in [1.82, 2.24) is 0 Å². The lowest BCUT2D eigenvalue weighted by Gasteiger charge is -2.01. The van der Waals surface area contributed by atoms with Crippen LogP contribution >= 0.6 is 12.6 Å². The number of carbonyl (C=O) groups is 1. The van der Waals surface area contributed by atoms with Crippen LogP contribution < -0.4 is 0 Å². The molecular weight excluding hydrogens is 304 g/mol. The van der Waals surface area contributed by atoms with E-state index >= 15 is 0 Å². The topological polar surface area (TPSA) is 26.3 Å². The second kappa shape index (κ2) is 19.6. The molecule has 0 spiro atoms. The van der Waals surface area contributed by atoms with Crippen LogP contribution in [-0.2, 0) is 9.53 Å². The third-order valence-electron chi connectivity index (χ3n) is 4.00. The van der Waals surface area contributed by atoms with Crippen molar-refractivity contribution in [3.05, 3.63) is 12.2 Å². The zero-order chi connectivity index (χ0) is 17.0. The van der Waals surface area contributed by atoms with Gasteiger partial charge in [-0.2, -0.15) is 12.6 Å². The lowest BCUT2D eigenvalue weighted by Crippen LogP contribution is -2.03. The van der Waals surface area contributed by atoms with Crippen molar-refractivity contribution >= 4 is 18.6 Å². The molecule has 0 aromatic rings. The fraction of sp³-hybridized carbons (Fsp3) is 0.850. The molecule has 0 atom stereocenters. The summed E-state index contributed by atoms with van der Waals surface area (Å²) in [5.74, 6) is 0.992. The normalized spacial score (nSPS) is 11.2. The van der Waals surface area contributed by atoms with Crippen LogP contribution in [0.2, 0.25) is 0 Å². The standard InChI is InChI=1S/C20H38O2S/c1-2-22-20(21)18-16-14-12-10-8-6-4-3-5-7-9-11-13-15-17-19-23/h3-4,23H,2,5-19H2,1H3. The van der Waals surface area contributed by atoms with Crippen LogP contribution in [0.4, 0.5) is 0 Å². The molecule has 0 heterocycles. The summed E-state index contributed by atoms with van der Waals surface area (Å²) in [5, 5.41) is 0. The van der Waals surface area contributed by atoms with Gasteiger partial charge in [-0.1, -0.05) is 57.1 Å². The number of allylic oxidation sites excluding steroid dienone is 2. The minimum atomic E-state index is -0.0443. The summed E-state index contributed by atoms with van der Waals surface area (Å²) in [7, 11) is 0. The largest absolute Gasteiger partial charge is 0.466 e. The van der Waals surface area contributed by atoms with Crippen molar-refractivity contribution in [2.75, 3.05) is 12.4 Å². The summed E-state index contributed by atoms with van der Waals surface area (Å²) in [6, 6.07) is 0. The zero-order valence-corrected chi connectivity index (χ0v) is 16.1. The van der Waals surface area contributed by atoms with E-state index in [4.69, 9.17) is 4.74 Å². The molecule has 0 rings (SSSR count). The van der Waals surface area contributed by atoms with E-state index in [1.54, 1.807) is 0 Å². The summed E-state index contributed by atoms with van der Waals surface area (Å²) in [4.78, 5) is 11.2. The summed E-state index contributed by atoms with van der Waals surface area (Å²) in [6.45, 7) is 2.36.